The number of unbranched alkanes of at least 4 members (excludes halogenated alkanes) is 5. The molecule has 372 valence electrons. The van der Waals surface area contributed by atoms with Crippen LogP contribution in [0.3, 0.4) is 0 Å². The molecule has 0 fully saturated rings. The zero-order chi connectivity index (χ0) is 48.3. The fraction of sp³-hybridized carbons (Fsp3) is 0.625. The summed E-state index contributed by atoms with van der Waals surface area (Å²) < 4.78 is 34.5. The van der Waals surface area contributed by atoms with E-state index in [2.05, 4.69) is 20.9 Å². The highest BCUT2D eigenvalue weighted by atomic mass is 32.5. The lowest BCUT2D eigenvalue weighted by Crippen LogP contribution is -2.34. The number of benzene rings is 2. The van der Waals surface area contributed by atoms with Crippen molar-refractivity contribution >= 4 is 47.7 Å². The number of fused-ring (bicyclic) bond motifs is 5. The molecule has 0 aliphatic carbocycles. The summed E-state index contributed by atoms with van der Waals surface area (Å²) >= 11 is 4.99. The van der Waals surface area contributed by atoms with Gasteiger partial charge in [-0.3, -0.25) is 19.2 Å². The number of carbonyl (C=O) groups excluding carboxylic acids is 4. The zero-order valence-corrected chi connectivity index (χ0v) is 41.6. The molecule has 2 aromatic carbocycles. The summed E-state index contributed by atoms with van der Waals surface area (Å²) in [7, 11) is 0. The fourth-order valence-electron chi connectivity index (χ4n) is 7.22. The molecule has 3 N–H and O–H groups in total. The van der Waals surface area contributed by atoms with Gasteiger partial charge in [-0.25, -0.2) is 4.68 Å². The number of ketones is 1. The van der Waals surface area contributed by atoms with Crippen LogP contribution in [0, 0.1) is 5.92 Å². The van der Waals surface area contributed by atoms with Gasteiger partial charge in [-0.15, -0.1) is 5.10 Å². The zero-order valence-electron chi connectivity index (χ0n) is 39.9. The topological polar surface area (TPSA) is 202 Å². The number of ether oxygens (including phenoxy) is 4. The molecule has 0 spiro atoms. The fourth-order valence-corrected chi connectivity index (χ4v) is 8.91. The average Bonchev–Trinajstić information content (AvgIpc) is 3.71. The molecule has 67 heavy (non-hydrogen) atoms. The number of rotatable bonds is 35. The van der Waals surface area contributed by atoms with E-state index in [9.17, 15) is 24.1 Å². The van der Waals surface area contributed by atoms with E-state index in [1.165, 1.54) is 0 Å². The van der Waals surface area contributed by atoms with Gasteiger partial charge in [0, 0.05) is 62.4 Å². The summed E-state index contributed by atoms with van der Waals surface area (Å²) in [6, 6.07) is 15.6. The average molecular weight is 973 g/mol. The maximum absolute atomic E-state index is 13.9. The quantitative estimate of drug-likeness (QED) is 0.0405. The Labute approximate surface area is 401 Å². The van der Waals surface area contributed by atoms with Crippen LogP contribution < -0.4 is 15.5 Å². The molecule has 0 bridgehead atoms. The van der Waals surface area contributed by atoms with Crippen LogP contribution in [0.4, 0.5) is 5.69 Å². The molecule has 1 atom stereocenters. The minimum Gasteiger partial charge on any atom is -0.379 e. The number of anilines is 1. The number of amides is 3. The van der Waals surface area contributed by atoms with Gasteiger partial charge >= 0.3 is 6.72 Å². The van der Waals surface area contributed by atoms with Crippen molar-refractivity contribution in [2.24, 2.45) is 5.92 Å². The number of aromatic nitrogens is 3. The van der Waals surface area contributed by atoms with Crippen molar-refractivity contribution in [2.75, 3.05) is 77.5 Å². The molecule has 3 amide bonds. The number of hydrogen-bond donors (Lipinski definition) is 3. The van der Waals surface area contributed by atoms with Crippen molar-refractivity contribution < 1.29 is 52.1 Å². The van der Waals surface area contributed by atoms with Crippen LogP contribution in [0.5, 0.6) is 0 Å². The summed E-state index contributed by atoms with van der Waals surface area (Å²) in [5.41, 5.74) is 4.94. The smallest absolute Gasteiger partial charge is 0.324 e. The second-order valence-corrected chi connectivity index (χ2v) is 19.7. The molecule has 1 aromatic heterocycles. The molecule has 4 rings (SSSR count). The van der Waals surface area contributed by atoms with Crippen LogP contribution in [-0.2, 0) is 72.1 Å². The first-order valence-corrected chi connectivity index (χ1v) is 26.4. The third-order valence-corrected chi connectivity index (χ3v) is 12.5. The Bertz CT molecular complexity index is 2020. The summed E-state index contributed by atoms with van der Waals surface area (Å²) in [6.07, 6.45) is 6.62. The minimum absolute atomic E-state index is 0.0232. The lowest BCUT2D eigenvalue weighted by atomic mass is 9.95. The van der Waals surface area contributed by atoms with E-state index in [1.807, 2.05) is 67.1 Å². The maximum Gasteiger partial charge on any atom is 0.324 e. The molecule has 1 unspecified atom stereocenters. The highest BCUT2D eigenvalue weighted by Crippen LogP contribution is 2.45. The van der Waals surface area contributed by atoms with Crippen molar-refractivity contribution in [3.8, 4) is 22.5 Å². The SMILES string of the molecule is CC(C)OP(O)(=S)OCCCCCCNC(=O)CCCCCn1nnc2c1-c1ccccc1CN(C(=O)CCC(=O)NCCOCCOCCOCCOCCC(=O)C(C)C)c1ccccc1-2. The number of hydrogen-bond acceptors (Lipinski definition) is 13. The van der Waals surface area contributed by atoms with Crippen LogP contribution >= 0.6 is 6.72 Å². The first-order chi connectivity index (χ1) is 32.4. The molecular weight excluding hydrogens is 900 g/mol. The van der Waals surface area contributed by atoms with E-state index in [-0.39, 0.29) is 48.4 Å². The van der Waals surface area contributed by atoms with Gasteiger partial charge in [0.05, 0.1) is 83.5 Å². The number of aryl methyl sites for hydroxylation is 1. The lowest BCUT2D eigenvalue weighted by Gasteiger charge is -2.28. The number of para-hydroxylation sites is 1. The van der Waals surface area contributed by atoms with E-state index in [1.54, 1.807) is 18.7 Å². The van der Waals surface area contributed by atoms with Gasteiger partial charge in [0.15, 0.2) is 0 Å². The Balaban J connectivity index is 1.14. The van der Waals surface area contributed by atoms with E-state index >= 15 is 0 Å². The van der Waals surface area contributed by atoms with Crippen molar-refractivity contribution in [1.29, 1.82) is 0 Å². The Hall–Kier alpha value is -3.97. The van der Waals surface area contributed by atoms with Gasteiger partial charge < -0.3 is 48.4 Å². The first kappa shape index (κ1) is 55.6. The standard InChI is InChI=1S/C48H73N6O11PS/c1-37(2)43(55)23-28-60-30-32-62-34-35-63-33-31-61-29-25-50-45(57)21-22-46(58)53-36-39-16-9-10-17-40(39)48-47(41-18-11-12-19-42(41)53)51-52-54(48)26-14-7-8-20-44(56)49-24-13-5-6-15-27-64-66(59,67)65-38(3)4/h9-12,16-19,37-38H,5-8,13-15,20-36H2,1-4H3,(H,49,56)(H,50,57)(H,59,67). The highest BCUT2D eigenvalue weighted by molar-refractivity contribution is 8.07. The van der Waals surface area contributed by atoms with E-state index < -0.39 is 6.72 Å². The Morgan fingerprint density at radius 1 is 0.687 bits per heavy atom. The first-order valence-electron chi connectivity index (χ1n) is 23.8. The number of carbonyl (C=O) groups is 4. The molecular formula is C48H73N6O11PS. The molecule has 3 aromatic rings. The van der Waals surface area contributed by atoms with Gasteiger partial charge in [0.1, 0.15) is 11.5 Å². The Kier molecular flexibility index (Phi) is 25.9. The van der Waals surface area contributed by atoms with Crippen LogP contribution in [0.15, 0.2) is 48.5 Å². The van der Waals surface area contributed by atoms with E-state index in [4.69, 9.17) is 39.8 Å². The lowest BCUT2D eigenvalue weighted by molar-refractivity contribution is -0.125. The van der Waals surface area contributed by atoms with Gasteiger partial charge in [-0.05, 0) is 63.0 Å². The van der Waals surface area contributed by atoms with Crippen molar-refractivity contribution in [2.45, 2.75) is 118 Å². The second-order valence-electron chi connectivity index (χ2n) is 16.9. The molecule has 17 nitrogen and oxygen atoms in total. The Morgan fingerprint density at radius 2 is 1.30 bits per heavy atom. The van der Waals surface area contributed by atoms with Crippen molar-refractivity contribution in [1.82, 2.24) is 25.6 Å². The van der Waals surface area contributed by atoms with Crippen molar-refractivity contribution in [3.05, 3.63) is 54.1 Å². The predicted molar refractivity (Wildman–Crippen MR) is 261 cm³/mol. The molecule has 0 radical (unpaired) electrons. The summed E-state index contributed by atoms with van der Waals surface area (Å²) in [5, 5.41) is 15.1. The van der Waals surface area contributed by atoms with Gasteiger partial charge in [0.2, 0.25) is 17.7 Å². The minimum atomic E-state index is -3.17. The normalized spacial score (nSPS) is 13.1. The molecule has 0 saturated heterocycles. The van der Waals surface area contributed by atoms with Gasteiger partial charge in [-0.1, -0.05) is 80.8 Å². The molecule has 1 aliphatic heterocycles. The summed E-state index contributed by atoms with van der Waals surface area (Å²) in [5.74, 6) is -0.153. The number of nitrogens with zero attached hydrogens (tertiary/aromatic N) is 4. The van der Waals surface area contributed by atoms with E-state index in [0.29, 0.717) is 110 Å². The van der Waals surface area contributed by atoms with Gasteiger partial charge in [-0.2, -0.15) is 0 Å². The van der Waals surface area contributed by atoms with Crippen LogP contribution in [-0.4, -0.2) is 122 Å². The van der Waals surface area contributed by atoms with Gasteiger partial charge in [0.25, 0.3) is 0 Å². The van der Waals surface area contributed by atoms with E-state index in [0.717, 1.165) is 67.3 Å². The van der Waals surface area contributed by atoms with Crippen molar-refractivity contribution in [3.63, 3.8) is 0 Å². The Morgan fingerprint density at radius 3 is 2.01 bits per heavy atom. The maximum atomic E-state index is 13.9. The summed E-state index contributed by atoms with van der Waals surface area (Å²) in [4.78, 5) is 62.5. The van der Waals surface area contributed by atoms with Crippen LogP contribution in [0.25, 0.3) is 22.5 Å². The second kappa shape index (κ2) is 31.2. The van der Waals surface area contributed by atoms with Crippen LogP contribution in [0.1, 0.15) is 104 Å². The largest absolute Gasteiger partial charge is 0.379 e. The molecule has 1 aliphatic rings. The molecule has 19 heteroatoms. The predicted octanol–water partition coefficient (Wildman–Crippen LogP) is 6.93. The highest BCUT2D eigenvalue weighted by Gasteiger charge is 2.29. The molecule has 2 heterocycles. The number of Topliss-reactive ketones (excluding diaryl/α,β-unsaturated/α-hetero) is 1. The number of nitrogens with one attached hydrogen (secondary N) is 2. The van der Waals surface area contributed by atoms with Crippen LogP contribution in [0.2, 0.25) is 0 Å². The third kappa shape index (κ3) is 21.1. The third-order valence-electron chi connectivity index (χ3n) is 10.7. The molecule has 0 saturated carbocycles. The monoisotopic (exact) mass is 972 g/mol. The summed E-state index contributed by atoms with van der Waals surface area (Å²) in [6.45, 7) is 9.61.